The number of amides is 2. The van der Waals surface area contributed by atoms with E-state index in [-0.39, 0.29) is 12.5 Å². The molecule has 0 atom stereocenters. The Kier molecular flexibility index (Phi) is 7.08. The van der Waals surface area contributed by atoms with E-state index in [1.54, 1.807) is 18.2 Å². The van der Waals surface area contributed by atoms with Crippen LogP contribution in [0.4, 0.5) is 0 Å². The summed E-state index contributed by atoms with van der Waals surface area (Å²) in [6, 6.07) is 13.4. The molecule has 29 heavy (non-hydrogen) atoms. The van der Waals surface area contributed by atoms with Gasteiger partial charge in [-0.2, -0.15) is 0 Å². The van der Waals surface area contributed by atoms with Crippen molar-refractivity contribution in [3.8, 4) is 11.5 Å². The standard InChI is InChI=1S/C22H27N3O4/c1-28-20-13-17(7-8-19(20)29-15-21(23)26)22(27)24-10-4-11-25-12-9-16-5-2-3-6-18(16)14-25/h2-3,5-8,13H,4,9-12,14-15H2,1H3,(H2,23,26)(H,24,27). The lowest BCUT2D eigenvalue weighted by molar-refractivity contribution is -0.119. The second-order valence-electron chi connectivity index (χ2n) is 7.02. The van der Waals surface area contributed by atoms with Crippen LogP contribution in [0.5, 0.6) is 11.5 Å². The van der Waals surface area contributed by atoms with Crippen molar-refractivity contribution in [1.29, 1.82) is 0 Å². The summed E-state index contributed by atoms with van der Waals surface area (Å²) in [5, 5.41) is 2.94. The normalized spacial score (nSPS) is 13.4. The SMILES string of the molecule is COc1cc(C(=O)NCCCN2CCc3ccccc3C2)ccc1OCC(N)=O. The Labute approximate surface area is 170 Å². The van der Waals surface area contributed by atoms with E-state index in [1.807, 2.05) is 0 Å². The van der Waals surface area contributed by atoms with Gasteiger partial charge in [-0.3, -0.25) is 14.5 Å². The molecule has 2 aromatic carbocycles. The zero-order chi connectivity index (χ0) is 20.6. The Morgan fingerprint density at radius 2 is 1.93 bits per heavy atom. The zero-order valence-corrected chi connectivity index (χ0v) is 16.6. The smallest absolute Gasteiger partial charge is 0.255 e. The molecule has 2 aromatic rings. The van der Waals surface area contributed by atoms with Gasteiger partial charge < -0.3 is 20.5 Å². The lowest BCUT2D eigenvalue weighted by atomic mass is 10.00. The van der Waals surface area contributed by atoms with Gasteiger partial charge in [0.15, 0.2) is 18.1 Å². The van der Waals surface area contributed by atoms with Crippen LogP contribution in [0.25, 0.3) is 0 Å². The Morgan fingerprint density at radius 1 is 1.14 bits per heavy atom. The molecule has 154 valence electrons. The van der Waals surface area contributed by atoms with Gasteiger partial charge in [-0.25, -0.2) is 0 Å². The van der Waals surface area contributed by atoms with E-state index in [2.05, 4.69) is 34.5 Å². The molecule has 0 spiro atoms. The van der Waals surface area contributed by atoms with Crippen molar-refractivity contribution >= 4 is 11.8 Å². The highest BCUT2D eigenvalue weighted by Gasteiger charge is 2.15. The molecule has 0 fully saturated rings. The fourth-order valence-electron chi connectivity index (χ4n) is 3.43. The van der Waals surface area contributed by atoms with Gasteiger partial charge in [0.1, 0.15) is 0 Å². The van der Waals surface area contributed by atoms with Crippen molar-refractivity contribution in [3.05, 3.63) is 59.2 Å². The van der Waals surface area contributed by atoms with Crippen LogP contribution in [0.3, 0.4) is 0 Å². The van der Waals surface area contributed by atoms with Gasteiger partial charge in [0.05, 0.1) is 7.11 Å². The largest absolute Gasteiger partial charge is 0.493 e. The average Bonchev–Trinajstić information content (AvgIpc) is 2.74. The Balaban J connectivity index is 1.45. The highest BCUT2D eigenvalue weighted by molar-refractivity contribution is 5.94. The first kappa shape index (κ1) is 20.7. The van der Waals surface area contributed by atoms with Crippen LogP contribution in [-0.4, -0.2) is 50.1 Å². The topological polar surface area (TPSA) is 93.9 Å². The first-order chi connectivity index (χ1) is 14.1. The van der Waals surface area contributed by atoms with Crippen LogP contribution in [0.2, 0.25) is 0 Å². The van der Waals surface area contributed by atoms with Gasteiger partial charge in [-0.1, -0.05) is 24.3 Å². The van der Waals surface area contributed by atoms with Crippen molar-refractivity contribution < 1.29 is 19.1 Å². The predicted octanol–water partition coefficient (Wildman–Crippen LogP) is 1.74. The molecule has 0 saturated heterocycles. The molecular formula is C22H27N3O4. The van der Waals surface area contributed by atoms with Crippen molar-refractivity contribution in [2.45, 2.75) is 19.4 Å². The van der Waals surface area contributed by atoms with Gasteiger partial charge in [0.25, 0.3) is 11.8 Å². The highest BCUT2D eigenvalue weighted by Crippen LogP contribution is 2.28. The predicted molar refractivity (Wildman–Crippen MR) is 110 cm³/mol. The van der Waals surface area contributed by atoms with Crippen LogP contribution >= 0.6 is 0 Å². The van der Waals surface area contributed by atoms with Gasteiger partial charge in [-0.05, 0) is 42.2 Å². The van der Waals surface area contributed by atoms with Gasteiger partial charge in [0.2, 0.25) is 0 Å². The molecule has 0 aliphatic carbocycles. The van der Waals surface area contributed by atoms with Gasteiger partial charge >= 0.3 is 0 Å². The molecule has 3 rings (SSSR count). The molecule has 7 heteroatoms. The molecule has 1 heterocycles. The maximum atomic E-state index is 12.4. The number of ether oxygens (including phenoxy) is 2. The molecule has 3 N–H and O–H groups in total. The van der Waals surface area contributed by atoms with Crippen LogP contribution in [0, 0.1) is 0 Å². The minimum atomic E-state index is -0.578. The summed E-state index contributed by atoms with van der Waals surface area (Å²) in [4.78, 5) is 25.7. The Morgan fingerprint density at radius 3 is 2.69 bits per heavy atom. The summed E-state index contributed by atoms with van der Waals surface area (Å²) in [5.74, 6) is -0.00100. The molecule has 1 aliphatic rings. The fourth-order valence-corrected chi connectivity index (χ4v) is 3.43. The first-order valence-corrected chi connectivity index (χ1v) is 9.73. The number of carbonyl (C=O) groups is 2. The van der Waals surface area contributed by atoms with Crippen LogP contribution < -0.4 is 20.5 Å². The van der Waals surface area contributed by atoms with Crippen molar-refractivity contribution in [2.75, 3.05) is 33.4 Å². The third-order valence-electron chi connectivity index (χ3n) is 4.94. The summed E-state index contributed by atoms with van der Waals surface area (Å²) < 4.78 is 10.5. The molecule has 7 nitrogen and oxygen atoms in total. The van der Waals surface area contributed by atoms with Crippen molar-refractivity contribution in [1.82, 2.24) is 10.2 Å². The van der Waals surface area contributed by atoms with E-state index in [9.17, 15) is 9.59 Å². The fraction of sp³-hybridized carbons (Fsp3) is 0.364. The van der Waals surface area contributed by atoms with Crippen LogP contribution in [-0.2, 0) is 17.8 Å². The number of rotatable bonds is 9. The number of primary amides is 1. The van der Waals surface area contributed by atoms with E-state index in [1.165, 1.54) is 18.2 Å². The first-order valence-electron chi connectivity index (χ1n) is 9.73. The lowest BCUT2D eigenvalue weighted by Gasteiger charge is -2.28. The number of nitrogens with zero attached hydrogens (tertiary/aromatic N) is 1. The molecule has 0 bridgehead atoms. The lowest BCUT2D eigenvalue weighted by Crippen LogP contribution is -2.33. The molecule has 2 amide bonds. The number of nitrogens with two attached hydrogens (primary N) is 1. The molecule has 0 saturated carbocycles. The van der Waals surface area contributed by atoms with Crippen LogP contribution in [0.15, 0.2) is 42.5 Å². The summed E-state index contributed by atoms with van der Waals surface area (Å²) >= 11 is 0. The minimum absolute atomic E-state index is 0.172. The number of hydrogen-bond donors (Lipinski definition) is 2. The number of benzene rings is 2. The molecule has 0 aromatic heterocycles. The van der Waals surface area contributed by atoms with Crippen molar-refractivity contribution in [2.24, 2.45) is 5.73 Å². The molecule has 1 aliphatic heterocycles. The monoisotopic (exact) mass is 397 g/mol. The third kappa shape index (κ3) is 5.71. The third-order valence-corrected chi connectivity index (χ3v) is 4.94. The van der Waals surface area contributed by atoms with Gasteiger partial charge in [-0.15, -0.1) is 0 Å². The quantitative estimate of drug-likeness (QED) is 0.629. The summed E-state index contributed by atoms with van der Waals surface area (Å²) in [5.41, 5.74) is 8.39. The van der Waals surface area contributed by atoms with Crippen molar-refractivity contribution in [3.63, 3.8) is 0 Å². The van der Waals surface area contributed by atoms with E-state index in [4.69, 9.17) is 15.2 Å². The number of nitrogens with one attached hydrogen (secondary N) is 1. The second-order valence-corrected chi connectivity index (χ2v) is 7.02. The number of hydrogen-bond acceptors (Lipinski definition) is 5. The number of methoxy groups -OCH3 is 1. The van der Waals surface area contributed by atoms with Crippen LogP contribution in [0.1, 0.15) is 27.9 Å². The summed E-state index contributed by atoms with van der Waals surface area (Å²) in [6.07, 6.45) is 1.96. The maximum absolute atomic E-state index is 12.4. The number of carbonyl (C=O) groups excluding carboxylic acids is 2. The Hall–Kier alpha value is -3.06. The van der Waals surface area contributed by atoms with E-state index in [0.29, 0.717) is 23.6 Å². The zero-order valence-electron chi connectivity index (χ0n) is 16.6. The Bertz CT molecular complexity index is 869. The average molecular weight is 397 g/mol. The molecular weight excluding hydrogens is 370 g/mol. The van der Waals surface area contributed by atoms with Gasteiger partial charge in [0, 0.05) is 31.7 Å². The summed E-state index contributed by atoms with van der Waals surface area (Å²) in [7, 11) is 1.48. The molecule has 0 unspecified atom stereocenters. The minimum Gasteiger partial charge on any atom is -0.493 e. The van der Waals surface area contributed by atoms with E-state index < -0.39 is 5.91 Å². The molecule has 0 radical (unpaired) electrons. The maximum Gasteiger partial charge on any atom is 0.255 e. The summed E-state index contributed by atoms with van der Waals surface area (Å²) in [6.45, 7) is 3.31. The van der Waals surface area contributed by atoms with E-state index in [0.717, 1.165) is 32.5 Å². The highest BCUT2D eigenvalue weighted by atomic mass is 16.5. The van der Waals surface area contributed by atoms with E-state index >= 15 is 0 Å². The number of fused-ring (bicyclic) bond motifs is 1. The second kappa shape index (κ2) is 9.93.